The molecule has 2 aromatic rings. The van der Waals surface area contributed by atoms with E-state index in [4.69, 9.17) is 5.53 Å². The summed E-state index contributed by atoms with van der Waals surface area (Å²) in [6, 6.07) is 7.65. The molecule has 4 nitrogen and oxygen atoms in total. The molecule has 0 spiro atoms. The molecule has 0 aliphatic heterocycles. The Labute approximate surface area is 86.2 Å². The first-order chi connectivity index (χ1) is 7.24. The summed E-state index contributed by atoms with van der Waals surface area (Å²) in [5.74, 6) is -0.328. The van der Waals surface area contributed by atoms with Gasteiger partial charge in [0, 0.05) is 10.9 Å². The van der Waals surface area contributed by atoms with Gasteiger partial charge in [0.1, 0.15) is 0 Å². The molecule has 0 aliphatic carbocycles. The number of Topliss-reactive ketones (excluding diaryl/α,β-unsaturated/α-hetero) is 1. The number of ketones is 1. The van der Waals surface area contributed by atoms with Gasteiger partial charge in [-0.3, -0.25) is 4.79 Å². The molecule has 15 heavy (non-hydrogen) atoms. The number of hydrogen-bond donors (Lipinski definition) is 1. The molecule has 1 heterocycles. The van der Waals surface area contributed by atoms with E-state index in [0.717, 1.165) is 22.7 Å². The van der Waals surface area contributed by atoms with Crippen LogP contribution in [0.3, 0.4) is 0 Å². The van der Waals surface area contributed by atoms with Crippen LogP contribution in [0.15, 0.2) is 24.3 Å². The monoisotopic (exact) mass is 199 g/mol. The molecule has 4 heteroatoms. The smallest absolute Gasteiger partial charge is 0.329 e. The van der Waals surface area contributed by atoms with Crippen LogP contribution in [-0.2, 0) is 0 Å². The molecule has 0 unspecified atom stereocenters. The summed E-state index contributed by atoms with van der Waals surface area (Å²) in [4.78, 5) is 17.2. The first-order valence-corrected chi connectivity index (χ1v) is 4.53. The number of carbonyl (C=O) groups is 1. The van der Waals surface area contributed by atoms with Gasteiger partial charge in [0.2, 0.25) is 0 Å². The molecular formula is C11H9N3O. The standard InChI is InChI=1S/C11H9N3O/c1-7-8-4-2-3-5-9(8)14-11(7)10(15)6-13-12/h2-6,14H,1H3. The highest BCUT2D eigenvalue weighted by Crippen LogP contribution is 2.20. The number of para-hydroxylation sites is 1. The first-order valence-electron chi connectivity index (χ1n) is 4.53. The maximum absolute atomic E-state index is 11.5. The van der Waals surface area contributed by atoms with Crippen molar-refractivity contribution in [1.82, 2.24) is 4.98 Å². The van der Waals surface area contributed by atoms with E-state index in [9.17, 15) is 4.79 Å². The molecule has 0 atom stereocenters. The predicted molar refractivity (Wildman–Crippen MR) is 57.0 cm³/mol. The minimum absolute atomic E-state index is 0.328. The number of fused-ring (bicyclic) bond motifs is 1. The maximum atomic E-state index is 11.5. The molecule has 0 amide bonds. The lowest BCUT2D eigenvalue weighted by Crippen LogP contribution is -2.02. The summed E-state index contributed by atoms with van der Waals surface area (Å²) in [7, 11) is 0. The molecule has 1 aromatic carbocycles. The van der Waals surface area contributed by atoms with Gasteiger partial charge in [-0.25, -0.2) is 0 Å². The molecule has 0 bridgehead atoms. The number of benzene rings is 1. The van der Waals surface area contributed by atoms with Crippen molar-refractivity contribution in [3.63, 3.8) is 0 Å². The maximum Gasteiger partial charge on any atom is 0.329 e. The van der Waals surface area contributed by atoms with E-state index in [2.05, 4.69) is 9.77 Å². The summed E-state index contributed by atoms with van der Waals surface area (Å²) in [6.45, 7) is 1.86. The molecule has 74 valence electrons. The van der Waals surface area contributed by atoms with Crippen LogP contribution in [0, 0.1) is 6.92 Å². The second kappa shape index (κ2) is 3.52. The van der Waals surface area contributed by atoms with Crippen LogP contribution in [0.4, 0.5) is 0 Å². The van der Waals surface area contributed by atoms with Crippen LogP contribution < -0.4 is 0 Å². The van der Waals surface area contributed by atoms with Crippen molar-refractivity contribution < 1.29 is 9.58 Å². The molecule has 0 radical (unpaired) electrons. The molecule has 1 aromatic heterocycles. The summed E-state index contributed by atoms with van der Waals surface area (Å²) in [5, 5.41) is 1.01. The number of H-pyrrole nitrogens is 1. The third-order valence-electron chi connectivity index (χ3n) is 2.39. The van der Waals surface area contributed by atoms with Crippen molar-refractivity contribution in [3.8, 4) is 0 Å². The van der Waals surface area contributed by atoms with Gasteiger partial charge in [-0.05, 0) is 18.6 Å². The van der Waals surface area contributed by atoms with E-state index in [0.29, 0.717) is 5.69 Å². The Morgan fingerprint density at radius 1 is 1.47 bits per heavy atom. The van der Waals surface area contributed by atoms with Crippen molar-refractivity contribution in [1.29, 1.82) is 0 Å². The van der Waals surface area contributed by atoms with Crippen molar-refractivity contribution in [2.75, 3.05) is 0 Å². The number of nitrogens with one attached hydrogen (secondary N) is 1. The SMILES string of the molecule is Cc1c(C(=O)C=[N+]=[N-])[nH]c2ccccc12. The number of aromatic amines is 1. The van der Waals surface area contributed by atoms with Crippen molar-refractivity contribution in [2.45, 2.75) is 6.92 Å². The summed E-state index contributed by atoms with van der Waals surface area (Å²) in [6.07, 6.45) is 0.887. The van der Waals surface area contributed by atoms with E-state index in [1.165, 1.54) is 0 Å². The highest BCUT2D eigenvalue weighted by Gasteiger charge is 2.14. The lowest BCUT2D eigenvalue weighted by atomic mass is 10.1. The van der Waals surface area contributed by atoms with E-state index >= 15 is 0 Å². The van der Waals surface area contributed by atoms with Crippen LogP contribution in [0.1, 0.15) is 16.1 Å². The number of nitrogens with zero attached hydrogens (tertiary/aromatic N) is 2. The van der Waals surface area contributed by atoms with Gasteiger partial charge in [-0.15, -0.1) is 0 Å². The topological polar surface area (TPSA) is 69.3 Å². The molecule has 0 saturated heterocycles. The Hall–Kier alpha value is -2.19. The predicted octanol–water partition coefficient (Wildman–Crippen LogP) is 1.96. The van der Waals surface area contributed by atoms with Crippen molar-refractivity contribution in [2.24, 2.45) is 0 Å². The fraction of sp³-hybridized carbons (Fsp3) is 0.0909. The Morgan fingerprint density at radius 3 is 2.87 bits per heavy atom. The summed E-state index contributed by atoms with van der Waals surface area (Å²) >= 11 is 0. The minimum Gasteiger partial charge on any atom is -0.361 e. The van der Waals surface area contributed by atoms with Gasteiger partial charge < -0.3 is 10.5 Å². The average Bonchev–Trinajstić information content (AvgIpc) is 2.57. The number of aromatic nitrogens is 1. The molecule has 0 saturated carbocycles. The highest BCUT2D eigenvalue weighted by atomic mass is 16.1. The average molecular weight is 199 g/mol. The molecular weight excluding hydrogens is 190 g/mol. The zero-order valence-corrected chi connectivity index (χ0v) is 8.19. The summed E-state index contributed by atoms with van der Waals surface area (Å²) in [5.41, 5.74) is 10.5. The Morgan fingerprint density at radius 2 is 2.20 bits per heavy atom. The number of hydrogen-bond acceptors (Lipinski definition) is 1. The van der Waals surface area contributed by atoms with E-state index < -0.39 is 0 Å². The Balaban J connectivity index is 2.68. The van der Waals surface area contributed by atoms with E-state index in [1.807, 2.05) is 31.2 Å². The van der Waals surface area contributed by atoms with Crippen LogP contribution in [0.5, 0.6) is 0 Å². The Bertz CT molecular complexity index is 577. The van der Waals surface area contributed by atoms with Gasteiger partial charge in [-0.1, -0.05) is 18.2 Å². The quantitative estimate of drug-likeness (QED) is 0.341. The van der Waals surface area contributed by atoms with Crippen LogP contribution >= 0.6 is 0 Å². The second-order valence-electron chi connectivity index (χ2n) is 3.28. The minimum atomic E-state index is -0.328. The summed E-state index contributed by atoms with van der Waals surface area (Å²) < 4.78 is 0. The normalized spacial score (nSPS) is 9.93. The molecule has 0 aliphatic rings. The van der Waals surface area contributed by atoms with Gasteiger partial charge in [0.25, 0.3) is 5.78 Å². The van der Waals surface area contributed by atoms with Gasteiger partial charge in [0.15, 0.2) is 0 Å². The lowest BCUT2D eigenvalue weighted by molar-refractivity contribution is 0.00230. The second-order valence-corrected chi connectivity index (χ2v) is 3.28. The number of aryl methyl sites for hydroxylation is 1. The Kier molecular flexibility index (Phi) is 2.20. The largest absolute Gasteiger partial charge is 0.361 e. The highest BCUT2D eigenvalue weighted by molar-refractivity contribution is 6.34. The number of carbonyl (C=O) groups excluding carboxylic acids is 1. The van der Waals surface area contributed by atoms with Crippen LogP contribution in [0.25, 0.3) is 16.4 Å². The van der Waals surface area contributed by atoms with Crippen molar-refractivity contribution >= 4 is 22.9 Å². The van der Waals surface area contributed by atoms with E-state index in [-0.39, 0.29) is 5.78 Å². The fourth-order valence-electron chi connectivity index (χ4n) is 1.65. The van der Waals surface area contributed by atoms with Crippen LogP contribution in [0.2, 0.25) is 0 Å². The van der Waals surface area contributed by atoms with Gasteiger partial charge >= 0.3 is 6.21 Å². The third kappa shape index (κ3) is 1.47. The number of rotatable bonds is 2. The zero-order valence-electron chi connectivity index (χ0n) is 8.19. The molecule has 2 rings (SSSR count). The van der Waals surface area contributed by atoms with Crippen molar-refractivity contribution in [3.05, 3.63) is 41.1 Å². The van der Waals surface area contributed by atoms with E-state index in [1.54, 1.807) is 0 Å². The van der Waals surface area contributed by atoms with Gasteiger partial charge in [0.05, 0.1) is 5.69 Å². The molecule has 0 fully saturated rings. The first kappa shape index (κ1) is 9.37. The third-order valence-corrected chi connectivity index (χ3v) is 2.39. The zero-order chi connectivity index (χ0) is 10.8. The lowest BCUT2D eigenvalue weighted by Gasteiger charge is -1.89. The molecule has 1 N–H and O–H groups in total. The fourth-order valence-corrected chi connectivity index (χ4v) is 1.65. The van der Waals surface area contributed by atoms with Gasteiger partial charge in [-0.2, -0.15) is 4.79 Å². The van der Waals surface area contributed by atoms with Crippen LogP contribution in [-0.4, -0.2) is 21.8 Å².